The van der Waals surface area contributed by atoms with Crippen molar-refractivity contribution in [2.24, 2.45) is 5.73 Å². The van der Waals surface area contributed by atoms with Crippen LogP contribution in [0.5, 0.6) is 0 Å². The number of carbonyl (C=O) groups is 2. The zero-order chi connectivity index (χ0) is 9.14. The SMILES string of the molecule is NC(=O)[C@H]1CCCN1C(=O)CCl. The van der Waals surface area contributed by atoms with Crippen LogP contribution in [0, 0.1) is 0 Å². The molecule has 1 rings (SSSR count). The lowest BCUT2D eigenvalue weighted by Gasteiger charge is -2.20. The number of amides is 2. The van der Waals surface area contributed by atoms with Gasteiger partial charge in [0.25, 0.3) is 0 Å². The van der Waals surface area contributed by atoms with Gasteiger partial charge in [-0.05, 0) is 12.8 Å². The van der Waals surface area contributed by atoms with Crippen LogP contribution >= 0.6 is 11.6 Å². The predicted octanol–water partition coefficient (Wildman–Crippen LogP) is -0.299. The largest absolute Gasteiger partial charge is 0.368 e. The molecule has 1 atom stereocenters. The highest BCUT2D eigenvalue weighted by Crippen LogP contribution is 2.16. The highest BCUT2D eigenvalue weighted by atomic mass is 35.5. The second-order valence-corrected chi connectivity index (χ2v) is 3.05. The monoisotopic (exact) mass is 190 g/mol. The molecule has 0 aromatic carbocycles. The van der Waals surface area contributed by atoms with Crippen LogP contribution in [0.25, 0.3) is 0 Å². The van der Waals surface area contributed by atoms with Crippen LogP contribution in [0.2, 0.25) is 0 Å². The van der Waals surface area contributed by atoms with E-state index in [-0.39, 0.29) is 11.8 Å². The lowest BCUT2D eigenvalue weighted by Crippen LogP contribution is -2.44. The number of alkyl halides is 1. The molecule has 0 radical (unpaired) electrons. The van der Waals surface area contributed by atoms with Gasteiger partial charge in [-0.25, -0.2) is 0 Å². The van der Waals surface area contributed by atoms with E-state index in [2.05, 4.69) is 0 Å². The Morgan fingerprint density at radius 1 is 1.58 bits per heavy atom. The first-order chi connectivity index (χ1) is 5.66. The number of rotatable bonds is 2. The molecule has 0 aliphatic carbocycles. The van der Waals surface area contributed by atoms with Gasteiger partial charge in [0, 0.05) is 6.54 Å². The predicted molar refractivity (Wildman–Crippen MR) is 44.6 cm³/mol. The van der Waals surface area contributed by atoms with E-state index in [0.29, 0.717) is 13.0 Å². The van der Waals surface area contributed by atoms with Crippen LogP contribution in [0.15, 0.2) is 0 Å². The topological polar surface area (TPSA) is 63.4 Å². The molecule has 2 N–H and O–H groups in total. The first-order valence-corrected chi connectivity index (χ1v) is 4.35. The fourth-order valence-corrected chi connectivity index (χ4v) is 1.59. The summed E-state index contributed by atoms with van der Waals surface area (Å²) in [5.41, 5.74) is 5.10. The normalized spacial score (nSPS) is 22.8. The molecule has 4 nitrogen and oxygen atoms in total. The number of hydrogen-bond donors (Lipinski definition) is 1. The average molecular weight is 191 g/mol. The van der Waals surface area contributed by atoms with E-state index in [9.17, 15) is 9.59 Å². The van der Waals surface area contributed by atoms with Crippen LogP contribution in [-0.2, 0) is 9.59 Å². The van der Waals surface area contributed by atoms with Crippen molar-refractivity contribution in [3.8, 4) is 0 Å². The molecule has 12 heavy (non-hydrogen) atoms. The Bertz CT molecular complexity index is 208. The molecule has 0 aromatic heterocycles. The second kappa shape index (κ2) is 3.76. The smallest absolute Gasteiger partial charge is 0.240 e. The first-order valence-electron chi connectivity index (χ1n) is 3.81. The standard InChI is InChI=1S/C7H11ClN2O2/c8-4-6(11)10-3-1-2-5(10)7(9)12/h5H,1-4H2,(H2,9,12)/t5-/m1/s1. The molecule has 1 heterocycles. The minimum Gasteiger partial charge on any atom is -0.368 e. The summed E-state index contributed by atoms with van der Waals surface area (Å²) >= 11 is 5.36. The number of primary amides is 1. The van der Waals surface area contributed by atoms with Crippen molar-refractivity contribution in [3.63, 3.8) is 0 Å². The zero-order valence-corrected chi connectivity index (χ0v) is 7.38. The minimum absolute atomic E-state index is 0.0796. The molecule has 68 valence electrons. The molecule has 1 aliphatic rings. The molecule has 1 aliphatic heterocycles. The maximum Gasteiger partial charge on any atom is 0.240 e. The Morgan fingerprint density at radius 2 is 2.25 bits per heavy atom. The lowest BCUT2D eigenvalue weighted by molar-refractivity contribution is -0.135. The van der Waals surface area contributed by atoms with Crippen LogP contribution in [0.1, 0.15) is 12.8 Å². The first kappa shape index (κ1) is 9.32. The molecular weight excluding hydrogens is 180 g/mol. The van der Waals surface area contributed by atoms with E-state index in [1.54, 1.807) is 0 Å². The van der Waals surface area contributed by atoms with E-state index in [0.717, 1.165) is 6.42 Å². The molecule has 2 amide bonds. The van der Waals surface area contributed by atoms with Crippen molar-refractivity contribution in [3.05, 3.63) is 0 Å². The van der Waals surface area contributed by atoms with Crippen molar-refractivity contribution >= 4 is 23.4 Å². The van der Waals surface area contributed by atoms with Gasteiger partial charge in [-0.2, -0.15) is 0 Å². The van der Waals surface area contributed by atoms with Gasteiger partial charge in [0.15, 0.2) is 0 Å². The Hall–Kier alpha value is -0.770. The maximum absolute atomic E-state index is 11.1. The van der Waals surface area contributed by atoms with E-state index in [1.807, 2.05) is 0 Å². The molecule has 1 saturated heterocycles. The van der Waals surface area contributed by atoms with Crippen LogP contribution in [0.3, 0.4) is 0 Å². The number of nitrogens with two attached hydrogens (primary N) is 1. The molecule has 0 aromatic rings. The Morgan fingerprint density at radius 3 is 2.75 bits per heavy atom. The number of nitrogens with zero attached hydrogens (tertiary/aromatic N) is 1. The summed E-state index contributed by atoms with van der Waals surface area (Å²) in [7, 11) is 0. The second-order valence-electron chi connectivity index (χ2n) is 2.78. The molecule has 0 bridgehead atoms. The summed E-state index contributed by atoms with van der Waals surface area (Å²) in [6, 6.07) is -0.434. The van der Waals surface area contributed by atoms with Gasteiger partial charge >= 0.3 is 0 Å². The van der Waals surface area contributed by atoms with Crippen molar-refractivity contribution < 1.29 is 9.59 Å². The van der Waals surface area contributed by atoms with Gasteiger partial charge < -0.3 is 10.6 Å². The number of likely N-dealkylation sites (tertiary alicyclic amines) is 1. The molecule has 1 fully saturated rings. The van der Waals surface area contributed by atoms with Gasteiger partial charge in [0.1, 0.15) is 11.9 Å². The highest BCUT2D eigenvalue weighted by molar-refractivity contribution is 6.27. The van der Waals surface area contributed by atoms with Gasteiger partial charge in [-0.1, -0.05) is 0 Å². The molecule has 0 unspecified atom stereocenters. The Balaban J connectivity index is 2.63. The number of carbonyl (C=O) groups excluding carboxylic acids is 2. The molecule has 5 heteroatoms. The van der Waals surface area contributed by atoms with Crippen LogP contribution in [-0.4, -0.2) is 35.2 Å². The molecule has 0 saturated carbocycles. The van der Waals surface area contributed by atoms with Gasteiger partial charge in [-0.15, -0.1) is 11.6 Å². The van der Waals surface area contributed by atoms with Crippen molar-refractivity contribution in [1.82, 2.24) is 4.90 Å². The van der Waals surface area contributed by atoms with Gasteiger partial charge in [0.05, 0.1) is 0 Å². The van der Waals surface area contributed by atoms with Crippen LogP contribution in [0.4, 0.5) is 0 Å². The Kier molecular flexibility index (Phi) is 2.92. The summed E-state index contributed by atoms with van der Waals surface area (Å²) in [6.45, 7) is 0.596. The molecule has 0 spiro atoms. The Labute approximate surface area is 75.6 Å². The fourth-order valence-electron chi connectivity index (χ4n) is 1.44. The third-order valence-electron chi connectivity index (χ3n) is 2.02. The third kappa shape index (κ3) is 1.69. The van der Waals surface area contributed by atoms with E-state index >= 15 is 0 Å². The zero-order valence-electron chi connectivity index (χ0n) is 6.62. The summed E-state index contributed by atoms with van der Waals surface area (Å²) in [5, 5.41) is 0. The summed E-state index contributed by atoms with van der Waals surface area (Å²) < 4.78 is 0. The van der Waals surface area contributed by atoms with Crippen molar-refractivity contribution in [2.75, 3.05) is 12.4 Å². The summed E-state index contributed by atoms with van der Waals surface area (Å²) in [4.78, 5) is 23.4. The van der Waals surface area contributed by atoms with Gasteiger partial charge in [0.2, 0.25) is 11.8 Å². The van der Waals surface area contributed by atoms with Crippen molar-refractivity contribution in [2.45, 2.75) is 18.9 Å². The third-order valence-corrected chi connectivity index (χ3v) is 2.24. The van der Waals surface area contributed by atoms with E-state index < -0.39 is 11.9 Å². The highest BCUT2D eigenvalue weighted by Gasteiger charge is 2.31. The number of hydrogen-bond acceptors (Lipinski definition) is 2. The van der Waals surface area contributed by atoms with Gasteiger partial charge in [-0.3, -0.25) is 9.59 Å². The minimum atomic E-state index is -0.439. The molecular formula is C7H11ClN2O2. The van der Waals surface area contributed by atoms with Crippen LogP contribution < -0.4 is 5.73 Å². The van der Waals surface area contributed by atoms with Crippen molar-refractivity contribution in [1.29, 1.82) is 0 Å². The number of halogens is 1. The quantitative estimate of drug-likeness (QED) is 0.608. The summed E-state index contributed by atoms with van der Waals surface area (Å²) in [6.07, 6.45) is 1.49. The lowest BCUT2D eigenvalue weighted by atomic mass is 10.2. The van der Waals surface area contributed by atoms with E-state index in [1.165, 1.54) is 4.90 Å². The summed E-state index contributed by atoms with van der Waals surface area (Å²) in [5.74, 6) is -0.729. The maximum atomic E-state index is 11.1. The van der Waals surface area contributed by atoms with E-state index in [4.69, 9.17) is 17.3 Å². The fraction of sp³-hybridized carbons (Fsp3) is 0.714. The average Bonchev–Trinajstić information content (AvgIpc) is 2.50.